The van der Waals surface area contributed by atoms with Gasteiger partial charge in [0.15, 0.2) is 5.79 Å². The highest BCUT2D eigenvalue weighted by Crippen LogP contribution is 2.51. The molecule has 6 atom stereocenters. The molecule has 0 radical (unpaired) electrons. The standard InChI is InChI=1S/C40H46O6/c1-4-25-40-37(44-29-33-23-15-8-16-24-33)35(42-27-31-19-11-6-12-20-31)34(41-26-30-17-9-5-10-18-30)36(38(40)45-39(2,3)46-40)43-28-32-21-13-7-14-22-32/h5-24,34-38H,4,25-29H2,1-3H3/t34-,35-,36+,37+,38-,40+/m0/s1. The highest BCUT2D eigenvalue weighted by molar-refractivity contribution is 5.20. The molecular weight excluding hydrogens is 576 g/mol. The van der Waals surface area contributed by atoms with Crippen LogP contribution in [-0.4, -0.2) is 41.9 Å². The minimum Gasteiger partial charge on any atom is -0.368 e. The lowest BCUT2D eigenvalue weighted by Crippen LogP contribution is -2.71. The third-order valence-electron chi connectivity index (χ3n) is 8.82. The van der Waals surface area contributed by atoms with Gasteiger partial charge in [0, 0.05) is 0 Å². The van der Waals surface area contributed by atoms with Gasteiger partial charge in [-0.1, -0.05) is 135 Å². The van der Waals surface area contributed by atoms with Crippen LogP contribution in [-0.2, 0) is 54.8 Å². The average molecular weight is 623 g/mol. The molecule has 0 amide bonds. The average Bonchev–Trinajstić information content (AvgIpc) is 3.37. The lowest BCUT2D eigenvalue weighted by molar-refractivity contribution is -0.284. The molecule has 4 aromatic rings. The fourth-order valence-corrected chi connectivity index (χ4v) is 6.90. The molecule has 0 aromatic heterocycles. The van der Waals surface area contributed by atoms with Gasteiger partial charge in [-0.25, -0.2) is 0 Å². The largest absolute Gasteiger partial charge is 0.368 e. The van der Waals surface area contributed by atoms with Gasteiger partial charge in [-0.05, 0) is 42.5 Å². The Kier molecular flexibility index (Phi) is 10.6. The van der Waals surface area contributed by atoms with E-state index in [2.05, 4.69) is 55.5 Å². The van der Waals surface area contributed by atoms with E-state index < -0.39 is 41.9 Å². The van der Waals surface area contributed by atoms with Crippen molar-refractivity contribution in [3.8, 4) is 0 Å². The molecule has 1 saturated carbocycles. The molecular formula is C40H46O6. The maximum atomic E-state index is 6.99. The minimum absolute atomic E-state index is 0.393. The molecule has 0 unspecified atom stereocenters. The highest BCUT2D eigenvalue weighted by atomic mass is 16.8. The van der Waals surface area contributed by atoms with E-state index in [0.29, 0.717) is 32.8 Å². The van der Waals surface area contributed by atoms with Crippen LogP contribution in [0.4, 0.5) is 0 Å². The Balaban J connectivity index is 1.42. The first-order valence-electron chi connectivity index (χ1n) is 16.5. The van der Waals surface area contributed by atoms with E-state index in [9.17, 15) is 0 Å². The van der Waals surface area contributed by atoms with Gasteiger partial charge in [0.1, 0.15) is 36.1 Å². The predicted octanol–water partition coefficient (Wildman–Crippen LogP) is 8.03. The van der Waals surface area contributed by atoms with Gasteiger partial charge in [0.05, 0.1) is 26.4 Å². The summed E-state index contributed by atoms with van der Waals surface area (Å²) < 4.78 is 41.5. The number of benzene rings is 4. The van der Waals surface area contributed by atoms with E-state index in [4.69, 9.17) is 28.4 Å². The maximum absolute atomic E-state index is 6.99. The Hall–Kier alpha value is -3.36. The Bertz CT molecular complexity index is 1470. The van der Waals surface area contributed by atoms with Crippen molar-refractivity contribution >= 4 is 0 Å². The summed E-state index contributed by atoms with van der Waals surface area (Å²) in [6.07, 6.45) is -0.899. The molecule has 6 rings (SSSR count). The van der Waals surface area contributed by atoms with Gasteiger partial charge >= 0.3 is 0 Å². The van der Waals surface area contributed by atoms with Gasteiger partial charge < -0.3 is 28.4 Å². The van der Waals surface area contributed by atoms with E-state index in [1.165, 1.54) is 0 Å². The summed E-state index contributed by atoms with van der Waals surface area (Å²) in [6.45, 7) is 7.72. The van der Waals surface area contributed by atoms with E-state index in [1.54, 1.807) is 0 Å². The Labute approximate surface area is 273 Å². The van der Waals surface area contributed by atoms with Crippen molar-refractivity contribution < 1.29 is 28.4 Å². The number of fused-ring (bicyclic) bond motifs is 1. The van der Waals surface area contributed by atoms with Crippen LogP contribution in [0, 0.1) is 0 Å². The third-order valence-corrected chi connectivity index (χ3v) is 8.82. The zero-order chi connectivity index (χ0) is 31.8. The SMILES string of the molecule is CCC[C@]12OC(C)(C)O[C@H]1[C@H](OCc1ccccc1)[C@@H](OCc1ccccc1)[C@H](OCc1ccccc1)[C@H]2OCc1ccccc1. The second-order valence-electron chi connectivity index (χ2n) is 12.7. The summed E-state index contributed by atoms with van der Waals surface area (Å²) in [7, 11) is 0. The molecule has 0 N–H and O–H groups in total. The predicted molar refractivity (Wildman–Crippen MR) is 178 cm³/mol. The Morgan fingerprint density at radius 2 is 0.913 bits per heavy atom. The monoisotopic (exact) mass is 622 g/mol. The summed E-state index contributed by atoms with van der Waals surface area (Å²) in [5, 5.41) is 0. The van der Waals surface area contributed by atoms with Gasteiger partial charge in [-0.3, -0.25) is 0 Å². The van der Waals surface area contributed by atoms with E-state index in [0.717, 1.165) is 28.7 Å². The van der Waals surface area contributed by atoms with Gasteiger partial charge in [-0.15, -0.1) is 0 Å². The van der Waals surface area contributed by atoms with E-state index in [1.807, 2.05) is 86.6 Å². The van der Waals surface area contributed by atoms with Crippen LogP contribution >= 0.6 is 0 Å². The molecule has 4 aromatic carbocycles. The van der Waals surface area contributed by atoms with Crippen LogP contribution < -0.4 is 0 Å². The number of ether oxygens (including phenoxy) is 6. The molecule has 242 valence electrons. The zero-order valence-corrected chi connectivity index (χ0v) is 27.1. The molecule has 46 heavy (non-hydrogen) atoms. The fraction of sp³-hybridized carbons (Fsp3) is 0.400. The van der Waals surface area contributed by atoms with E-state index >= 15 is 0 Å². The molecule has 1 aliphatic heterocycles. The van der Waals surface area contributed by atoms with Crippen molar-refractivity contribution in [2.24, 2.45) is 0 Å². The number of hydrogen-bond acceptors (Lipinski definition) is 6. The molecule has 2 aliphatic rings. The summed E-state index contributed by atoms with van der Waals surface area (Å²) in [5.74, 6) is -0.860. The zero-order valence-electron chi connectivity index (χ0n) is 27.1. The first kappa shape index (κ1) is 32.6. The van der Waals surface area contributed by atoms with Crippen LogP contribution in [0.5, 0.6) is 0 Å². The van der Waals surface area contributed by atoms with Crippen LogP contribution in [0.3, 0.4) is 0 Å². The van der Waals surface area contributed by atoms with Gasteiger partial charge in [0.25, 0.3) is 0 Å². The summed E-state index contributed by atoms with van der Waals surface area (Å²) in [6, 6.07) is 40.9. The lowest BCUT2D eigenvalue weighted by atomic mass is 9.72. The molecule has 0 spiro atoms. The maximum Gasteiger partial charge on any atom is 0.164 e. The van der Waals surface area contributed by atoms with Crippen molar-refractivity contribution in [1.82, 2.24) is 0 Å². The van der Waals surface area contributed by atoms with Gasteiger partial charge in [-0.2, -0.15) is 0 Å². The van der Waals surface area contributed by atoms with Crippen molar-refractivity contribution in [2.45, 2.75) is 102 Å². The quantitative estimate of drug-likeness (QED) is 0.142. The van der Waals surface area contributed by atoms with E-state index in [-0.39, 0.29) is 0 Å². The van der Waals surface area contributed by atoms with Crippen LogP contribution in [0.1, 0.15) is 55.9 Å². The van der Waals surface area contributed by atoms with Crippen molar-refractivity contribution in [1.29, 1.82) is 0 Å². The fourth-order valence-electron chi connectivity index (χ4n) is 6.90. The molecule has 1 aliphatic carbocycles. The molecule has 6 nitrogen and oxygen atoms in total. The topological polar surface area (TPSA) is 55.4 Å². The molecule has 0 bridgehead atoms. The lowest BCUT2D eigenvalue weighted by Gasteiger charge is -2.53. The summed E-state index contributed by atoms with van der Waals surface area (Å²) >= 11 is 0. The van der Waals surface area contributed by atoms with Crippen LogP contribution in [0.25, 0.3) is 0 Å². The highest BCUT2D eigenvalue weighted by Gasteiger charge is 2.68. The number of hydrogen-bond donors (Lipinski definition) is 0. The number of rotatable bonds is 14. The minimum atomic E-state index is -0.860. The van der Waals surface area contributed by atoms with Crippen LogP contribution in [0.2, 0.25) is 0 Å². The second kappa shape index (κ2) is 15.0. The van der Waals surface area contributed by atoms with Crippen molar-refractivity contribution in [3.05, 3.63) is 144 Å². The molecule has 2 fully saturated rings. The third kappa shape index (κ3) is 7.60. The Morgan fingerprint density at radius 3 is 1.35 bits per heavy atom. The molecule has 6 heteroatoms. The summed E-state index contributed by atoms with van der Waals surface area (Å²) in [5.41, 5.74) is 3.47. The van der Waals surface area contributed by atoms with Crippen molar-refractivity contribution in [2.75, 3.05) is 0 Å². The first-order chi connectivity index (χ1) is 22.5. The molecule has 1 heterocycles. The van der Waals surface area contributed by atoms with Crippen molar-refractivity contribution in [3.63, 3.8) is 0 Å². The smallest absolute Gasteiger partial charge is 0.164 e. The molecule has 1 saturated heterocycles. The van der Waals surface area contributed by atoms with Crippen LogP contribution in [0.15, 0.2) is 121 Å². The second-order valence-corrected chi connectivity index (χ2v) is 12.7. The summed E-state index contributed by atoms with van der Waals surface area (Å²) in [4.78, 5) is 0. The van der Waals surface area contributed by atoms with Gasteiger partial charge in [0.2, 0.25) is 0 Å². The Morgan fingerprint density at radius 1 is 0.522 bits per heavy atom. The normalized spacial score (nSPS) is 26.9. The first-order valence-corrected chi connectivity index (χ1v) is 16.5.